The maximum atomic E-state index is 12.3. The van der Waals surface area contributed by atoms with Crippen molar-refractivity contribution >= 4 is 5.69 Å². The number of benzene rings is 1. The van der Waals surface area contributed by atoms with Crippen LogP contribution in [0.1, 0.15) is 0 Å². The van der Waals surface area contributed by atoms with Crippen LogP contribution in [0.5, 0.6) is 5.75 Å². The van der Waals surface area contributed by atoms with Gasteiger partial charge in [0.15, 0.2) is 0 Å². The highest BCUT2D eigenvalue weighted by molar-refractivity contribution is 5.43. The molecule has 1 unspecified atom stereocenters. The molecule has 1 atom stereocenters. The molecule has 21 heavy (non-hydrogen) atoms. The molecule has 1 aromatic rings. The van der Waals surface area contributed by atoms with Gasteiger partial charge in [0.25, 0.3) is 0 Å². The molecule has 0 saturated carbocycles. The third-order valence-corrected chi connectivity index (χ3v) is 2.59. The summed E-state index contributed by atoms with van der Waals surface area (Å²) in [4.78, 5) is 0.924. The van der Waals surface area contributed by atoms with Crippen LogP contribution in [0.2, 0.25) is 0 Å². The van der Waals surface area contributed by atoms with Crippen LogP contribution >= 0.6 is 0 Å². The third kappa shape index (κ3) is 7.74. The Hall–Kier alpha value is -1.51. The van der Waals surface area contributed by atoms with Gasteiger partial charge in [-0.2, -0.15) is 13.2 Å². The van der Waals surface area contributed by atoms with Gasteiger partial charge in [0.05, 0.1) is 13.2 Å². The molecular weight excluding hydrogens is 289 g/mol. The summed E-state index contributed by atoms with van der Waals surface area (Å²) in [6.45, 7) is -2.19. The van der Waals surface area contributed by atoms with Gasteiger partial charge in [-0.25, -0.2) is 0 Å². The van der Waals surface area contributed by atoms with Crippen LogP contribution < -0.4 is 10.5 Å². The maximum Gasteiger partial charge on any atom is 0.401 e. The molecule has 0 aliphatic heterocycles. The Morgan fingerprint density at radius 2 is 2.05 bits per heavy atom. The fourth-order valence-corrected chi connectivity index (χ4v) is 1.78. The summed E-state index contributed by atoms with van der Waals surface area (Å²) in [5, 5.41) is 18.5. The smallest absolute Gasteiger partial charge is 0.401 e. The summed E-state index contributed by atoms with van der Waals surface area (Å²) < 4.78 is 42.2. The van der Waals surface area contributed by atoms with E-state index in [2.05, 4.69) is 0 Å². The molecule has 0 amide bonds. The van der Waals surface area contributed by atoms with Crippen LogP contribution in [-0.4, -0.2) is 60.2 Å². The molecule has 4 N–H and O–H groups in total. The largest absolute Gasteiger partial charge is 0.491 e. The molecule has 1 rings (SSSR count). The van der Waals surface area contributed by atoms with E-state index in [0.717, 1.165) is 4.90 Å². The van der Waals surface area contributed by atoms with Crippen molar-refractivity contribution in [3.05, 3.63) is 24.3 Å². The second-order valence-electron chi connectivity index (χ2n) is 4.61. The Morgan fingerprint density at radius 1 is 1.33 bits per heavy atom. The summed E-state index contributed by atoms with van der Waals surface area (Å²) in [6, 6.07) is 6.51. The molecule has 8 heteroatoms. The molecule has 0 saturated heterocycles. The second-order valence-corrected chi connectivity index (χ2v) is 4.61. The number of nitrogen functional groups attached to an aromatic ring is 1. The average Bonchev–Trinajstić information content (AvgIpc) is 2.35. The number of hydrogen-bond acceptors (Lipinski definition) is 5. The Labute approximate surface area is 120 Å². The minimum absolute atomic E-state index is 0.163. The van der Waals surface area contributed by atoms with Crippen molar-refractivity contribution in [3.8, 4) is 5.75 Å². The van der Waals surface area contributed by atoms with Gasteiger partial charge in [-0.1, -0.05) is 6.07 Å². The Balaban J connectivity index is 2.44. The van der Waals surface area contributed by atoms with E-state index in [4.69, 9.17) is 15.6 Å². The fourth-order valence-electron chi connectivity index (χ4n) is 1.78. The standard InChI is InChI=1S/C13H19F3N2O3/c14-13(15,16)9-18(4-5-19)7-11(20)8-21-12-3-1-2-10(17)6-12/h1-3,6,11,19-20H,4-5,7-9,17H2. The molecule has 1 aromatic carbocycles. The first-order valence-corrected chi connectivity index (χ1v) is 6.36. The van der Waals surface area contributed by atoms with Crippen molar-refractivity contribution in [1.82, 2.24) is 4.90 Å². The lowest BCUT2D eigenvalue weighted by molar-refractivity contribution is -0.149. The molecule has 0 aliphatic rings. The topological polar surface area (TPSA) is 79.0 Å². The minimum Gasteiger partial charge on any atom is -0.491 e. The average molecular weight is 308 g/mol. The highest BCUT2D eigenvalue weighted by Gasteiger charge is 2.31. The predicted octanol–water partition coefficient (Wildman–Crippen LogP) is 0.865. The lowest BCUT2D eigenvalue weighted by atomic mass is 10.3. The van der Waals surface area contributed by atoms with E-state index in [-0.39, 0.29) is 19.7 Å². The molecule has 120 valence electrons. The maximum absolute atomic E-state index is 12.3. The fraction of sp³-hybridized carbons (Fsp3) is 0.538. The van der Waals surface area contributed by atoms with Crippen LogP contribution in [0.3, 0.4) is 0 Å². The Kier molecular flexibility index (Phi) is 6.73. The molecule has 0 aliphatic carbocycles. The van der Waals surface area contributed by atoms with Gasteiger partial charge in [0.2, 0.25) is 0 Å². The van der Waals surface area contributed by atoms with E-state index in [1.54, 1.807) is 24.3 Å². The first-order chi connectivity index (χ1) is 9.80. The lowest BCUT2D eigenvalue weighted by Crippen LogP contribution is -2.42. The highest BCUT2D eigenvalue weighted by Crippen LogP contribution is 2.17. The summed E-state index contributed by atoms with van der Waals surface area (Å²) >= 11 is 0. The normalized spacial score (nSPS) is 13.4. The zero-order valence-electron chi connectivity index (χ0n) is 11.4. The number of nitrogens with two attached hydrogens (primary N) is 1. The van der Waals surface area contributed by atoms with Crippen molar-refractivity contribution in [3.63, 3.8) is 0 Å². The van der Waals surface area contributed by atoms with Crippen molar-refractivity contribution < 1.29 is 28.1 Å². The van der Waals surface area contributed by atoms with Crippen LogP contribution in [-0.2, 0) is 0 Å². The number of hydrogen-bond donors (Lipinski definition) is 3. The van der Waals surface area contributed by atoms with Crippen LogP contribution in [0, 0.1) is 0 Å². The molecule has 0 radical (unpaired) electrons. The zero-order chi connectivity index (χ0) is 15.9. The van der Waals surface area contributed by atoms with E-state index >= 15 is 0 Å². The summed E-state index contributed by atoms with van der Waals surface area (Å²) in [5.41, 5.74) is 6.04. The molecule has 0 heterocycles. The summed E-state index contributed by atoms with van der Waals surface area (Å²) in [7, 11) is 0. The Morgan fingerprint density at radius 3 is 2.62 bits per heavy atom. The molecule has 0 aromatic heterocycles. The minimum atomic E-state index is -4.39. The van der Waals surface area contributed by atoms with Crippen LogP contribution in [0.4, 0.5) is 18.9 Å². The van der Waals surface area contributed by atoms with Crippen LogP contribution in [0.15, 0.2) is 24.3 Å². The van der Waals surface area contributed by atoms with Gasteiger partial charge in [-0.3, -0.25) is 4.90 Å². The monoisotopic (exact) mass is 308 g/mol. The third-order valence-electron chi connectivity index (χ3n) is 2.59. The van der Waals surface area contributed by atoms with Gasteiger partial charge in [-0.05, 0) is 12.1 Å². The van der Waals surface area contributed by atoms with E-state index in [9.17, 15) is 18.3 Å². The number of aliphatic hydroxyl groups excluding tert-OH is 2. The van der Waals surface area contributed by atoms with Gasteiger partial charge >= 0.3 is 6.18 Å². The predicted molar refractivity (Wildman–Crippen MR) is 71.9 cm³/mol. The molecule has 0 spiro atoms. The zero-order valence-corrected chi connectivity index (χ0v) is 11.4. The SMILES string of the molecule is Nc1cccc(OCC(O)CN(CCO)CC(F)(F)F)c1. The number of ether oxygens (including phenoxy) is 1. The van der Waals surface area contributed by atoms with Gasteiger partial charge in [0.1, 0.15) is 18.5 Å². The van der Waals surface area contributed by atoms with Crippen molar-refractivity contribution in [2.75, 3.05) is 38.6 Å². The van der Waals surface area contributed by atoms with Crippen molar-refractivity contribution in [1.29, 1.82) is 0 Å². The molecule has 5 nitrogen and oxygen atoms in total. The van der Waals surface area contributed by atoms with E-state index in [1.165, 1.54) is 0 Å². The number of anilines is 1. The second kappa shape index (κ2) is 8.06. The molecule has 0 fully saturated rings. The van der Waals surface area contributed by atoms with E-state index in [1.807, 2.05) is 0 Å². The number of nitrogens with zero attached hydrogens (tertiary/aromatic N) is 1. The summed E-state index contributed by atoms with van der Waals surface area (Å²) in [5.74, 6) is 0.429. The number of aliphatic hydroxyl groups is 2. The molecule has 0 bridgehead atoms. The first-order valence-electron chi connectivity index (χ1n) is 6.36. The lowest BCUT2D eigenvalue weighted by Gasteiger charge is -2.25. The van der Waals surface area contributed by atoms with Gasteiger partial charge in [-0.15, -0.1) is 0 Å². The van der Waals surface area contributed by atoms with Crippen molar-refractivity contribution in [2.24, 2.45) is 0 Å². The van der Waals surface area contributed by atoms with Gasteiger partial charge in [0, 0.05) is 24.8 Å². The molecular formula is C13H19F3N2O3. The quantitative estimate of drug-likeness (QED) is 0.621. The highest BCUT2D eigenvalue weighted by atomic mass is 19.4. The van der Waals surface area contributed by atoms with E-state index < -0.39 is 25.4 Å². The number of alkyl halides is 3. The van der Waals surface area contributed by atoms with Crippen LogP contribution in [0.25, 0.3) is 0 Å². The van der Waals surface area contributed by atoms with Gasteiger partial charge < -0.3 is 20.7 Å². The Bertz CT molecular complexity index is 429. The van der Waals surface area contributed by atoms with Crippen molar-refractivity contribution in [2.45, 2.75) is 12.3 Å². The summed E-state index contributed by atoms with van der Waals surface area (Å²) in [6.07, 6.45) is -5.50. The number of halogens is 3. The van der Waals surface area contributed by atoms with E-state index in [0.29, 0.717) is 11.4 Å². The number of rotatable bonds is 8. The first kappa shape index (κ1) is 17.5.